The van der Waals surface area contributed by atoms with E-state index in [2.05, 4.69) is 37.0 Å². The quantitative estimate of drug-likeness (QED) is 0.754. The molecule has 28 heavy (non-hydrogen) atoms. The van der Waals surface area contributed by atoms with Crippen molar-refractivity contribution in [1.82, 2.24) is 25.1 Å². The minimum Gasteiger partial charge on any atom is -0.338 e. The zero-order chi connectivity index (χ0) is 19.5. The molecule has 0 saturated carbocycles. The summed E-state index contributed by atoms with van der Waals surface area (Å²) in [6.45, 7) is 7.46. The molecule has 9 heteroatoms. The number of thioether (sulfide) groups is 1. The Labute approximate surface area is 169 Å². The van der Waals surface area contributed by atoms with Gasteiger partial charge in [0.2, 0.25) is 5.95 Å². The summed E-state index contributed by atoms with van der Waals surface area (Å²) in [6, 6.07) is 1.75. The number of rotatable bonds is 4. The molecule has 4 rings (SSSR count). The molecule has 0 atom stereocenters. The van der Waals surface area contributed by atoms with Gasteiger partial charge in [0.15, 0.2) is 0 Å². The minimum atomic E-state index is -0.363. The average Bonchev–Trinajstić information content (AvgIpc) is 3.01. The first-order valence-corrected chi connectivity index (χ1v) is 10.6. The van der Waals surface area contributed by atoms with E-state index >= 15 is 0 Å². The molecule has 3 aliphatic rings. The zero-order valence-corrected chi connectivity index (χ0v) is 17.0. The third-order valence-electron chi connectivity index (χ3n) is 5.60. The van der Waals surface area contributed by atoms with E-state index in [1.807, 2.05) is 0 Å². The second-order valence-electron chi connectivity index (χ2n) is 7.67. The van der Waals surface area contributed by atoms with E-state index in [9.17, 15) is 9.59 Å². The van der Waals surface area contributed by atoms with Gasteiger partial charge in [-0.25, -0.2) is 9.97 Å². The smallest absolute Gasteiger partial charge is 0.290 e. The molecule has 8 nitrogen and oxygen atoms in total. The number of anilines is 1. The molecular weight excluding hydrogens is 376 g/mol. The second-order valence-corrected chi connectivity index (χ2v) is 8.68. The van der Waals surface area contributed by atoms with Crippen molar-refractivity contribution in [2.24, 2.45) is 5.92 Å². The molecule has 3 aliphatic heterocycles. The van der Waals surface area contributed by atoms with Crippen LogP contribution in [-0.4, -0.2) is 83.8 Å². The number of hydrogen-bond acceptors (Lipinski definition) is 8. The summed E-state index contributed by atoms with van der Waals surface area (Å²) in [7, 11) is 2.20. The van der Waals surface area contributed by atoms with Crippen LogP contribution in [0.25, 0.3) is 6.08 Å². The largest absolute Gasteiger partial charge is 0.338 e. The van der Waals surface area contributed by atoms with Crippen molar-refractivity contribution in [1.29, 1.82) is 0 Å². The van der Waals surface area contributed by atoms with Crippen LogP contribution in [-0.2, 0) is 4.79 Å². The average molecular weight is 403 g/mol. The van der Waals surface area contributed by atoms with Crippen molar-refractivity contribution in [3.63, 3.8) is 0 Å². The van der Waals surface area contributed by atoms with Crippen LogP contribution in [0.3, 0.4) is 0 Å². The molecule has 0 bridgehead atoms. The molecule has 0 unspecified atom stereocenters. The van der Waals surface area contributed by atoms with E-state index in [0.29, 0.717) is 16.5 Å². The maximum Gasteiger partial charge on any atom is 0.290 e. The number of carbonyl (C=O) groups is 2. The topological polar surface area (TPSA) is 81.7 Å². The Morgan fingerprint density at radius 3 is 2.61 bits per heavy atom. The number of piperazine rings is 1. The first-order chi connectivity index (χ1) is 13.6. The van der Waals surface area contributed by atoms with Crippen LogP contribution in [0.5, 0.6) is 0 Å². The SMILES string of the molecule is CN1CCC(CN2CCN(c3nccc(/C=C4\SC(=O)NC4=O)n3)CC2)CC1. The summed E-state index contributed by atoms with van der Waals surface area (Å²) in [6.07, 6.45) is 5.95. The summed E-state index contributed by atoms with van der Waals surface area (Å²) in [4.78, 5) is 39.5. The van der Waals surface area contributed by atoms with E-state index in [1.165, 1.54) is 32.5 Å². The van der Waals surface area contributed by atoms with E-state index in [-0.39, 0.29) is 11.1 Å². The number of aromatic nitrogens is 2. The number of piperidine rings is 1. The highest BCUT2D eigenvalue weighted by Gasteiger charge is 2.26. The maximum atomic E-state index is 11.7. The van der Waals surface area contributed by atoms with E-state index < -0.39 is 0 Å². The van der Waals surface area contributed by atoms with Gasteiger partial charge in [-0.15, -0.1) is 0 Å². The zero-order valence-electron chi connectivity index (χ0n) is 16.1. The normalized spacial score (nSPS) is 24.2. The molecule has 150 valence electrons. The summed E-state index contributed by atoms with van der Waals surface area (Å²) in [5.41, 5.74) is 0.645. The second kappa shape index (κ2) is 8.59. The molecule has 0 aromatic carbocycles. The molecule has 2 amide bonds. The van der Waals surface area contributed by atoms with Crippen molar-refractivity contribution in [2.45, 2.75) is 12.8 Å². The summed E-state index contributed by atoms with van der Waals surface area (Å²) < 4.78 is 0. The van der Waals surface area contributed by atoms with Crippen molar-refractivity contribution < 1.29 is 9.59 Å². The molecule has 1 aromatic heterocycles. The fraction of sp³-hybridized carbons (Fsp3) is 0.579. The molecule has 1 N–H and O–H groups in total. The first-order valence-electron chi connectivity index (χ1n) is 9.80. The van der Waals surface area contributed by atoms with Crippen molar-refractivity contribution in [3.05, 3.63) is 22.9 Å². The molecule has 0 spiro atoms. The lowest BCUT2D eigenvalue weighted by molar-refractivity contribution is -0.115. The Balaban J connectivity index is 1.33. The highest BCUT2D eigenvalue weighted by atomic mass is 32.2. The van der Waals surface area contributed by atoms with Crippen LogP contribution >= 0.6 is 11.8 Å². The van der Waals surface area contributed by atoms with E-state index in [0.717, 1.165) is 43.9 Å². The molecular formula is C19H26N6O2S. The Bertz CT molecular complexity index is 769. The highest BCUT2D eigenvalue weighted by molar-refractivity contribution is 8.18. The van der Waals surface area contributed by atoms with Crippen LogP contribution < -0.4 is 10.2 Å². The summed E-state index contributed by atoms with van der Waals surface area (Å²) >= 11 is 0.905. The number of nitrogens with zero attached hydrogens (tertiary/aromatic N) is 5. The first kappa shape index (κ1) is 19.4. The number of likely N-dealkylation sites (tertiary alicyclic amines) is 1. The van der Waals surface area contributed by atoms with Gasteiger partial charge in [-0.05, 0) is 62.8 Å². The minimum absolute atomic E-state index is 0.341. The third kappa shape index (κ3) is 4.71. The predicted molar refractivity (Wildman–Crippen MR) is 110 cm³/mol. The van der Waals surface area contributed by atoms with Crippen LogP contribution in [0.15, 0.2) is 17.2 Å². The number of nitrogens with one attached hydrogen (secondary N) is 1. The standard InChI is InChI=1S/C19H26N6O2S/c1-23-6-3-14(4-7-23)13-24-8-10-25(11-9-24)18-20-5-2-15(21-18)12-16-17(26)22-19(27)28-16/h2,5,12,14H,3-4,6-11,13H2,1H3,(H,22,26,27)/b16-12-. The van der Waals surface area contributed by atoms with Gasteiger partial charge in [0.25, 0.3) is 11.1 Å². The van der Waals surface area contributed by atoms with Crippen molar-refractivity contribution in [2.75, 3.05) is 57.8 Å². The van der Waals surface area contributed by atoms with Gasteiger partial charge in [-0.1, -0.05) is 0 Å². The molecule has 3 saturated heterocycles. The summed E-state index contributed by atoms with van der Waals surface area (Å²) in [5.74, 6) is 1.13. The lowest BCUT2D eigenvalue weighted by Crippen LogP contribution is -2.49. The molecule has 1 aromatic rings. The van der Waals surface area contributed by atoms with Crippen LogP contribution in [0, 0.1) is 5.92 Å². The van der Waals surface area contributed by atoms with Gasteiger partial charge in [0.1, 0.15) is 0 Å². The highest BCUT2D eigenvalue weighted by Crippen LogP contribution is 2.25. The lowest BCUT2D eigenvalue weighted by Gasteiger charge is -2.38. The van der Waals surface area contributed by atoms with Gasteiger partial charge in [-0.2, -0.15) is 0 Å². The predicted octanol–water partition coefficient (Wildman–Crippen LogP) is 1.26. The fourth-order valence-electron chi connectivity index (χ4n) is 3.89. The van der Waals surface area contributed by atoms with Gasteiger partial charge < -0.3 is 9.80 Å². The lowest BCUT2D eigenvalue weighted by atomic mass is 9.96. The molecule has 3 fully saturated rings. The van der Waals surface area contributed by atoms with Crippen molar-refractivity contribution in [3.8, 4) is 0 Å². The van der Waals surface area contributed by atoms with Gasteiger partial charge in [-0.3, -0.25) is 19.8 Å². The summed E-state index contributed by atoms with van der Waals surface area (Å²) in [5, 5.41) is 1.92. The monoisotopic (exact) mass is 402 g/mol. The van der Waals surface area contributed by atoms with Gasteiger partial charge >= 0.3 is 0 Å². The van der Waals surface area contributed by atoms with Crippen LogP contribution in [0.2, 0.25) is 0 Å². The van der Waals surface area contributed by atoms with E-state index in [1.54, 1.807) is 18.3 Å². The van der Waals surface area contributed by atoms with E-state index in [4.69, 9.17) is 0 Å². The number of carbonyl (C=O) groups excluding carboxylic acids is 2. The van der Waals surface area contributed by atoms with Crippen molar-refractivity contribution >= 4 is 34.9 Å². The Morgan fingerprint density at radius 2 is 1.93 bits per heavy atom. The fourth-order valence-corrected chi connectivity index (χ4v) is 4.56. The number of amides is 2. The van der Waals surface area contributed by atoms with Gasteiger partial charge in [0.05, 0.1) is 10.6 Å². The van der Waals surface area contributed by atoms with Gasteiger partial charge in [0, 0.05) is 38.9 Å². The maximum absolute atomic E-state index is 11.7. The number of hydrogen-bond donors (Lipinski definition) is 1. The van der Waals surface area contributed by atoms with Crippen LogP contribution in [0.1, 0.15) is 18.5 Å². The number of imide groups is 1. The third-order valence-corrected chi connectivity index (χ3v) is 6.41. The molecule has 0 aliphatic carbocycles. The molecule has 4 heterocycles. The molecule has 0 radical (unpaired) electrons. The Morgan fingerprint density at radius 1 is 1.18 bits per heavy atom. The Kier molecular flexibility index (Phi) is 5.93. The Hall–Kier alpha value is -1.97. The van der Waals surface area contributed by atoms with Crippen LogP contribution in [0.4, 0.5) is 10.7 Å².